The maximum Gasteiger partial charge on any atom is 0.340 e. The molecule has 0 bridgehead atoms. The number of nitrogens with zero attached hydrogens (tertiary/aromatic N) is 1. The van der Waals surface area contributed by atoms with Crippen molar-refractivity contribution in [2.75, 3.05) is 18.0 Å². The van der Waals surface area contributed by atoms with Crippen LogP contribution in [0.1, 0.15) is 40.9 Å². The van der Waals surface area contributed by atoms with E-state index in [1.54, 1.807) is 0 Å². The summed E-state index contributed by atoms with van der Waals surface area (Å²) in [6, 6.07) is 26.1. The molecule has 1 spiro atoms. The van der Waals surface area contributed by atoms with Crippen molar-refractivity contribution < 1.29 is 14.3 Å². The molecule has 0 N–H and O–H groups in total. The molecule has 2 heterocycles. The first-order chi connectivity index (χ1) is 15.7. The smallest absolute Gasteiger partial charge is 0.340 e. The Morgan fingerprint density at radius 3 is 2.44 bits per heavy atom. The lowest BCUT2D eigenvalue weighted by Gasteiger charge is -2.38. The Labute approximate surface area is 187 Å². The minimum atomic E-state index is -1.04. The number of carbonyl (C=O) groups is 1. The predicted molar refractivity (Wildman–Crippen MR) is 126 cm³/mol. The highest BCUT2D eigenvalue weighted by atomic mass is 16.6. The Morgan fingerprint density at radius 2 is 1.59 bits per heavy atom. The predicted octanol–water partition coefficient (Wildman–Crippen LogP) is 6.25. The van der Waals surface area contributed by atoms with Gasteiger partial charge >= 0.3 is 5.97 Å². The van der Waals surface area contributed by atoms with Gasteiger partial charge in [0.25, 0.3) is 0 Å². The number of benzene rings is 4. The van der Waals surface area contributed by atoms with Crippen LogP contribution in [-0.4, -0.2) is 19.1 Å². The van der Waals surface area contributed by atoms with E-state index in [2.05, 4.69) is 55.1 Å². The van der Waals surface area contributed by atoms with Gasteiger partial charge < -0.3 is 14.4 Å². The van der Waals surface area contributed by atoms with E-state index in [1.807, 2.05) is 42.5 Å². The van der Waals surface area contributed by atoms with Crippen molar-refractivity contribution in [3.05, 3.63) is 101 Å². The zero-order chi connectivity index (χ0) is 21.9. The normalized spacial score (nSPS) is 18.0. The van der Waals surface area contributed by atoms with Crippen LogP contribution in [0.5, 0.6) is 11.5 Å². The first-order valence-electron chi connectivity index (χ1n) is 11.1. The van der Waals surface area contributed by atoms with Crippen LogP contribution in [0.25, 0.3) is 10.8 Å². The highest BCUT2D eigenvalue weighted by Gasteiger charge is 2.54. The van der Waals surface area contributed by atoms with Crippen LogP contribution in [-0.2, 0) is 10.3 Å². The Morgan fingerprint density at radius 1 is 0.812 bits per heavy atom. The highest BCUT2D eigenvalue weighted by molar-refractivity contribution is 6.00. The van der Waals surface area contributed by atoms with Crippen molar-refractivity contribution in [2.45, 2.75) is 19.4 Å². The molecule has 1 atom stereocenters. The number of fused-ring (bicyclic) bond motifs is 8. The summed E-state index contributed by atoms with van der Waals surface area (Å²) in [7, 11) is 0. The third-order valence-electron chi connectivity index (χ3n) is 6.71. The minimum Gasteiger partial charge on any atom is -0.456 e. The number of carbonyl (C=O) groups excluding carboxylic acids is 1. The van der Waals surface area contributed by atoms with Crippen LogP contribution < -0.4 is 9.64 Å². The first-order valence-corrected chi connectivity index (χ1v) is 11.1. The lowest BCUT2D eigenvalue weighted by atomic mass is 9.76. The molecule has 0 amide bonds. The van der Waals surface area contributed by atoms with Gasteiger partial charge in [0, 0.05) is 36.0 Å². The van der Waals surface area contributed by atoms with E-state index in [1.165, 1.54) is 0 Å². The Hall–Kier alpha value is -3.79. The van der Waals surface area contributed by atoms with Crippen LogP contribution in [0.3, 0.4) is 0 Å². The molecule has 4 aromatic carbocycles. The number of rotatable bonds is 3. The monoisotopic (exact) mass is 421 g/mol. The number of hydrogen-bond acceptors (Lipinski definition) is 4. The molecule has 32 heavy (non-hydrogen) atoms. The fourth-order valence-corrected chi connectivity index (χ4v) is 5.23. The van der Waals surface area contributed by atoms with Crippen molar-refractivity contribution >= 4 is 22.4 Å². The van der Waals surface area contributed by atoms with Crippen LogP contribution in [0.4, 0.5) is 5.69 Å². The average Bonchev–Trinajstić information content (AvgIpc) is 3.12. The quantitative estimate of drug-likeness (QED) is 0.366. The van der Waals surface area contributed by atoms with Gasteiger partial charge in [-0.3, -0.25) is 0 Å². The molecule has 0 aromatic heterocycles. The highest BCUT2D eigenvalue weighted by Crippen LogP contribution is 2.58. The van der Waals surface area contributed by atoms with E-state index in [0.29, 0.717) is 5.56 Å². The summed E-state index contributed by atoms with van der Waals surface area (Å²) in [4.78, 5) is 15.4. The zero-order valence-electron chi connectivity index (χ0n) is 18.1. The van der Waals surface area contributed by atoms with Crippen LogP contribution in [0, 0.1) is 0 Å². The van der Waals surface area contributed by atoms with Gasteiger partial charge in [-0.15, -0.1) is 0 Å². The van der Waals surface area contributed by atoms with Gasteiger partial charge in [-0.2, -0.15) is 0 Å². The summed E-state index contributed by atoms with van der Waals surface area (Å²) in [5.41, 5.74) is 3.26. The third kappa shape index (κ3) is 2.41. The summed E-state index contributed by atoms with van der Waals surface area (Å²) >= 11 is 0. The second-order valence-electron chi connectivity index (χ2n) is 8.23. The maximum atomic E-state index is 13.1. The summed E-state index contributed by atoms with van der Waals surface area (Å²) < 4.78 is 12.8. The van der Waals surface area contributed by atoms with E-state index in [4.69, 9.17) is 9.47 Å². The van der Waals surface area contributed by atoms with Crippen molar-refractivity contribution in [3.63, 3.8) is 0 Å². The average molecular weight is 421 g/mol. The summed E-state index contributed by atoms with van der Waals surface area (Å²) in [5.74, 6) is 1.14. The van der Waals surface area contributed by atoms with Gasteiger partial charge in [0.05, 0.1) is 11.1 Å². The SMILES string of the molecule is CCN(CC)c1ccc2c(c1)Oc1ccc3ccccc3c1[C@@]21OC(=O)c2ccccc21. The topological polar surface area (TPSA) is 38.8 Å². The van der Waals surface area contributed by atoms with Crippen molar-refractivity contribution in [1.29, 1.82) is 0 Å². The van der Waals surface area contributed by atoms with Crippen molar-refractivity contribution in [2.24, 2.45) is 0 Å². The van der Waals surface area contributed by atoms with Gasteiger partial charge in [-0.05, 0) is 48.9 Å². The Balaban J connectivity index is 1.71. The molecule has 0 aliphatic carbocycles. The van der Waals surface area contributed by atoms with E-state index in [9.17, 15) is 4.79 Å². The molecule has 0 radical (unpaired) electrons. The van der Waals surface area contributed by atoms with E-state index in [-0.39, 0.29) is 5.97 Å². The first kappa shape index (κ1) is 18.9. The number of esters is 1. The number of ether oxygens (including phenoxy) is 2. The molecule has 4 nitrogen and oxygen atoms in total. The molecule has 0 fully saturated rings. The fraction of sp³-hybridized carbons (Fsp3) is 0.179. The van der Waals surface area contributed by atoms with E-state index >= 15 is 0 Å². The molecular formula is C28H23NO3. The molecule has 2 aliphatic heterocycles. The molecule has 0 unspecified atom stereocenters. The standard InChI is InChI=1S/C28H23NO3/c1-3-29(4-2)19-14-15-23-25(17-19)31-24-16-13-18-9-5-6-10-20(18)26(24)28(23)22-12-8-7-11-21(22)27(30)32-28/h5-17H,3-4H2,1-2H3/t28-/m0/s1. The van der Waals surface area contributed by atoms with Crippen LogP contribution >= 0.6 is 0 Å². The summed E-state index contributed by atoms with van der Waals surface area (Å²) in [5, 5.41) is 2.10. The second-order valence-corrected chi connectivity index (χ2v) is 8.23. The molecule has 0 saturated carbocycles. The molecule has 4 aromatic rings. The molecule has 0 saturated heterocycles. The Kier molecular flexibility index (Phi) is 4.06. The van der Waals surface area contributed by atoms with Gasteiger partial charge in [-0.25, -0.2) is 4.79 Å². The summed E-state index contributed by atoms with van der Waals surface area (Å²) in [6.07, 6.45) is 0. The molecule has 6 rings (SSSR count). The molecule has 4 heteroatoms. The lowest BCUT2D eigenvalue weighted by Crippen LogP contribution is -2.33. The molecule has 2 aliphatic rings. The summed E-state index contributed by atoms with van der Waals surface area (Å²) in [6.45, 7) is 6.09. The van der Waals surface area contributed by atoms with E-state index in [0.717, 1.165) is 57.7 Å². The van der Waals surface area contributed by atoms with Crippen molar-refractivity contribution in [1.82, 2.24) is 0 Å². The lowest BCUT2D eigenvalue weighted by molar-refractivity contribution is 0.0229. The van der Waals surface area contributed by atoms with Gasteiger partial charge in [0.15, 0.2) is 5.60 Å². The molecule has 158 valence electrons. The number of anilines is 1. The number of hydrogen-bond donors (Lipinski definition) is 0. The fourth-order valence-electron chi connectivity index (χ4n) is 5.23. The minimum absolute atomic E-state index is 0.305. The second kappa shape index (κ2) is 6.86. The van der Waals surface area contributed by atoms with Gasteiger partial charge in [-0.1, -0.05) is 48.5 Å². The Bertz CT molecular complexity index is 1390. The largest absolute Gasteiger partial charge is 0.456 e. The molecular weight excluding hydrogens is 398 g/mol. The van der Waals surface area contributed by atoms with E-state index < -0.39 is 5.60 Å². The zero-order valence-corrected chi connectivity index (χ0v) is 18.1. The van der Waals surface area contributed by atoms with Crippen LogP contribution in [0.15, 0.2) is 78.9 Å². The third-order valence-corrected chi connectivity index (χ3v) is 6.71. The maximum absolute atomic E-state index is 13.1. The van der Waals surface area contributed by atoms with Crippen molar-refractivity contribution in [3.8, 4) is 11.5 Å². The van der Waals surface area contributed by atoms with Crippen LogP contribution in [0.2, 0.25) is 0 Å². The van der Waals surface area contributed by atoms with Gasteiger partial charge in [0.2, 0.25) is 0 Å². The van der Waals surface area contributed by atoms with Gasteiger partial charge in [0.1, 0.15) is 11.5 Å².